The van der Waals surface area contributed by atoms with Gasteiger partial charge in [-0.1, -0.05) is 0 Å². The molecule has 2 unspecified atom stereocenters. The van der Waals surface area contributed by atoms with Gasteiger partial charge >= 0.3 is 6.09 Å². The molecule has 0 spiro atoms. The quantitative estimate of drug-likeness (QED) is 0.180. The Morgan fingerprint density at radius 3 is 2.37 bits per heavy atom. The summed E-state index contributed by atoms with van der Waals surface area (Å²) in [6.07, 6.45) is 4.80. The largest absolute Gasteiger partial charge is 0.492 e. The molecular formula is C39H56N10O7S. The number of amides is 1. The molecule has 2 saturated heterocycles. The molecule has 3 aromatic heterocycles. The van der Waals surface area contributed by atoms with Crippen LogP contribution in [0.2, 0.25) is 0 Å². The third-order valence-electron chi connectivity index (χ3n) is 10.0. The summed E-state index contributed by atoms with van der Waals surface area (Å²) in [7, 11) is -3.79. The first-order chi connectivity index (χ1) is 26.9. The standard InChI is InChI=1S/C39H56N10O7S/c1-25-22-54-29(21-49(25)37(50)56-38(4,5)6)23-55-28-19-40-36(41-20-28)48-14-12-47(13-15-48)11-10-16-53-32-18-31-30(17-33(32)57(51,52)39(7,8)9)35(43-24-42-31)44-34-26(2)27(3)45-46-34/h17-20,24-25,29H,10-16,21-23H2,1-9H3,(H2,42,43,44,45,46). The molecule has 2 atom stereocenters. The zero-order valence-electron chi connectivity index (χ0n) is 34.5. The Morgan fingerprint density at radius 1 is 1.00 bits per heavy atom. The molecule has 4 aromatic rings. The van der Waals surface area contributed by atoms with Crippen molar-refractivity contribution in [1.82, 2.24) is 39.9 Å². The van der Waals surface area contributed by atoms with Crippen molar-refractivity contribution in [3.63, 3.8) is 0 Å². The molecule has 2 N–H and O–H groups in total. The van der Waals surface area contributed by atoms with Crippen molar-refractivity contribution in [3.05, 3.63) is 42.1 Å². The molecule has 17 nitrogen and oxygen atoms in total. The van der Waals surface area contributed by atoms with Crippen molar-refractivity contribution in [2.24, 2.45) is 0 Å². The highest BCUT2D eigenvalue weighted by Gasteiger charge is 2.35. The molecule has 2 aliphatic rings. The lowest BCUT2D eigenvalue weighted by molar-refractivity contribution is -0.0775. The van der Waals surface area contributed by atoms with E-state index in [2.05, 4.69) is 45.2 Å². The molecule has 2 fully saturated rings. The minimum Gasteiger partial charge on any atom is -0.492 e. The Hall–Kier alpha value is -4.81. The van der Waals surface area contributed by atoms with Gasteiger partial charge < -0.3 is 34.1 Å². The Morgan fingerprint density at radius 2 is 1.72 bits per heavy atom. The second-order valence-electron chi connectivity index (χ2n) is 16.6. The number of nitrogens with one attached hydrogen (secondary N) is 2. The number of H-pyrrole nitrogens is 1. The van der Waals surface area contributed by atoms with E-state index in [-0.39, 0.29) is 35.5 Å². The molecule has 6 rings (SSSR count). The molecule has 0 bridgehead atoms. The average Bonchev–Trinajstić information content (AvgIpc) is 3.47. The molecule has 310 valence electrons. The van der Waals surface area contributed by atoms with E-state index < -0.39 is 20.2 Å². The maximum Gasteiger partial charge on any atom is 0.410 e. The van der Waals surface area contributed by atoms with Crippen LogP contribution in [0, 0.1) is 13.8 Å². The van der Waals surface area contributed by atoms with Gasteiger partial charge in [-0.3, -0.25) is 10.00 Å². The summed E-state index contributed by atoms with van der Waals surface area (Å²) in [5.41, 5.74) is 1.77. The van der Waals surface area contributed by atoms with E-state index in [1.54, 1.807) is 50.2 Å². The molecule has 57 heavy (non-hydrogen) atoms. The number of aromatic amines is 1. The lowest BCUT2D eigenvalue weighted by Gasteiger charge is -2.38. The van der Waals surface area contributed by atoms with Gasteiger partial charge in [-0.05, 0) is 74.8 Å². The first-order valence-electron chi connectivity index (χ1n) is 19.4. The van der Waals surface area contributed by atoms with Crippen LogP contribution in [0.5, 0.6) is 11.5 Å². The van der Waals surface area contributed by atoms with E-state index in [4.69, 9.17) is 18.9 Å². The van der Waals surface area contributed by atoms with Gasteiger partial charge in [0, 0.05) is 49.7 Å². The maximum absolute atomic E-state index is 13.9. The number of hydrogen-bond donors (Lipinski definition) is 2. The van der Waals surface area contributed by atoms with Gasteiger partial charge in [0.2, 0.25) is 5.95 Å². The van der Waals surface area contributed by atoms with E-state index in [1.807, 2.05) is 41.5 Å². The van der Waals surface area contributed by atoms with Crippen LogP contribution >= 0.6 is 0 Å². The number of hydrogen-bond acceptors (Lipinski definition) is 15. The monoisotopic (exact) mass is 808 g/mol. The van der Waals surface area contributed by atoms with E-state index in [9.17, 15) is 13.2 Å². The van der Waals surface area contributed by atoms with Crippen LogP contribution in [0.15, 0.2) is 35.7 Å². The Balaban J connectivity index is 0.998. The number of ether oxygens (including phenoxy) is 4. The Kier molecular flexibility index (Phi) is 12.4. The topological polar surface area (TPSA) is 190 Å². The van der Waals surface area contributed by atoms with E-state index in [0.717, 1.165) is 44.0 Å². The third kappa shape index (κ3) is 10.0. The summed E-state index contributed by atoms with van der Waals surface area (Å²) < 4.78 is 50.3. The van der Waals surface area contributed by atoms with Crippen LogP contribution in [0.25, 0.3) is 10.9 Å². The second-order valence-corrected chi connectivity index (χ2v) is 19.3. The highest BCUT2D eigenvalue weighted by Crippen LogP contribution is 2.37. The number of fused-ring (bicyclic) bond motifs is 1. The number of rotatable bonds is 12. The van der Waals surface area contributed by atoms with Crippen molar-refractivity contribution in [2.75, 3.05) is 69.3 Å². The lowest BCUT2D eigenvalue weighted by atomic mass is 10.2. The highest BCUT2D eigenvalue weighted by molar-refractivity contribution is 7.92. The summed E-state index contributed by atoms with van der Waals surface area (Å²) >= 11 is 0. The smallest absolute Gasteiger partial charge is 0.410 e. The predicted molar refractivity (Wildman–Crippen MR) is 216 cm³/mol. The van der Waals surface area contributed by atoms with Gasteiger partial charge in [-0.25, -0.2) is 33.1 Å². The predicted octanol–water partition coefficient (Wildman–Crippen LogP) is 5.07. The molecule has 0 aliphatic carbocycles. The Labute approximate surface area is 334 Å². The van der Waals surface area contributed by atoms with E-state index in [1.165, 1.54) is 6.33 Å². The summed E-state index contributed by atoms with van der Waals surface area (Å²) in [6.45, 7) is 21.6. The fraction of sp³-hybridized carbons (Fsp3) is 0.590. The number of carbonyl (C=O) groups excluding carboxylic acids is 1. The zero-order chi connectivity index (χ0) is 41.1. The number of anilines is 3. The van der Waals surface area contributed by atoms with Gasteiger partial charge in [-0.2, -0.15) is 5.10 Å². The summed E-state index contributed by atoms with van der Waals surface area (Å²) in [5, 5.41) is 11.0. The van der Waals surface area contributed by atoms with Crippen LogP contribution in [0.1, 0.15) is 66.1 Å². The fourth-order valence-electron chi connectivity index (χ4n) is 6.42. The van der Waals surface area contributed by atoms with Crippen LogP contribution < -0.4 is 19.7 Å². The number of carbonyl (C=O) groups is 1. The van der Waals surface area contributed by atoms with Crippen LogP contribution in [0.3, 0.4) is 0 Å². The molecule has 1 aromatic carbocycles. The van der Waals surface area contributed by atoms with Gasteiger partial charge in [-0.15, -0.1) is 0 Å². The average molecular weight is 809 g/mol. The van der Waals surface area contributed by atoms with Crippen molar-refractivity contribution in [2.45, 2.75) is 96.1 Å². The molecule has 1 amide bonds. The SMILES string of the molecule is Cc1n[nH]c(Nc2ncnc3cc(OCCCN4CCN(c5ncc(OCC6CN(C(=O)OC(C)(C)C)C(C)CO6)cn5)CC4)c(S(=O)(=O)C(C)(C)C)cc23)c1C. The van der Waals surface area contributed by atoms with Gasteiger partial charge in [0.05, 0.1) is 54.2 Å². The van der Waals surface area contributed by atoms with E-state index in [0.29, 0.717) is 60.4 Å². The molecular weight excluding hydrogens is 753 g/mol. The van der Waals surface area contributed by atoms with Crippen molar-refractivity contribution >= 4 is 44.4 Å². The minimum absolute atomic E-state index is 0.0906. The normalized spacial score (nSPS) is 18.5. The van der Waals surface area contributed by atoms with Gasteiger partial charge in [0.25, 0.3) is 0 Å². The Bertz CT molecular complexity index is 2130. The minimum atomic E-state index is -3.79. The first-order valence-corrected chi connectivity index (χ1v) is 20.9. The number of piperazine rings is 1. The van der Waals surface area contributed by atoms with E-state index >= 15 is 0 Å². The summed E-state index contributed by atoms with van der Waals surface area (Å²) in [6, 6.07) is 3.21. The highest BCUT2D eigenvalue weighted by atomic mass is 32.2. The second kappa shape index (κ2) is 17.0. The third-order valence-corrected chi connectivity index (χ3v) is 12.5. The molecule has 18 heteroatoms. The first kappa shape index (κ1) is 41.8. The number of aromatic nitrogens is 6. The zero-order valence-corrected chi connectivity index (χ0v) is 35.3. The number of sulfone groups is 1. The van der Waals surface area contributed by atoms with Crippen molar-refractivity contribution in [3.8, 4) is 11.5 Å². The molecule has 0 radical (unpaired) electrons. The fourth-order valence-corrected chi connectivity index (χ4v) is 7.73. The van der Waals surface area contributed by atoms with Gasteiger partial charge in [0.1, 0.15) is 46.9 Å². The van der Waals surface area contributed by atoms with Crippen LogP contribution in [-0.2, 0) is 19.3 Å². The van der Waals surface area contributed by atoms with Crippen molar-refractivity contribution in [1.29, 1.82) is 0 Å². The molecule has 2 aliphatic heterocycles. The summed E-state index contributed by atoms with van der Waals surface area (Å²) in [4.78, 5) is 36.9. The molecule has 5 heterocycles. The number of benzene rings is 1. The van der Waals surface area contributed by atoms with Crippen molar-refractivity contribution < 1.29 is 32.2 Å². The number of nitrogens with zero attached hydrogens (tertiary/aromatic N) is 8. The lowest BCUT2D eigenvalue weighted by Crippen LogP contribution is -2.53. The van der Waals surface area contributed by atoms with Crippen LogP contribution in [0.4, 0.5) is 22.4 Å². The maximum atomic E-state index is 13.9. The van der Waals surface area contributed by atoms with Gasteiger partial charge in [0.15, 0.2) is 15.6 Å². The van der Waals surface area contributed by atoms with Crippen LogP contribution in [-0.4, -0.2) is 136 Å². The number of aryl methyl sites for hydroxylation is 1. The molecule has 0 saturated carbocycles. The number of morpholine rings is 1. The summed E-state index contributed by atoms with van der Waals surface area (Å²) in [5.74, 6) is 2.57.